The number of nitrogens with zero attached hydrogens (tertiary/aromatic N) is 2. The fourth-order valence-corrected chi connectivity index (χ4v) is 4.15. The SMILES string of the molecule is O=C(c1csc(-c2ccco2)n1)N1CCC(C(O)c2ccccc2)CC1. The zero-order chi connectivity index (χ0) is 17.9. The molecule has 4 rings (SSSR count). The molecule has 0 radical (unpaired) electrons. The standard InChI is InChI=1S/C20H20N2O3S/c23-18(14-5-2-1-3-6-14)15-8-10-22(11-9-15)20(24)16-13-26-19(21-16)17-7-4-12-25-17/h1-7,12-13,15,18,23H,8-11H2. The molecule has 1 aliphatic rings. The van der Waals surface area contributed by atoms with Crippen molar-refractivity contribution in [1.82, 2.24) is 9.88 Å². The first-order valence-electron chi connectivity index (χ1n) is 8.74. The van der Waals surface area contributed by atoms with E-state index in [9.17, 15) is 9.90 Å². The zero-order valence-corrected chi connectivity index (χ0v) is 15.1. The van der Waals surface area contributed by atoms with Crippen LogP contribution in [0.5, 0.6) is 0 Å². The van der Waals surface area contributed by atoms with Gasteiger partial charge in [-0.05, 0) is 36.5 Å². The highest BCUT2D eigenvalue weighted by Crippen LogP contribution is 2.31. The van der Waals surface area contributed by atoms with Crippen LogP contribution >= 0.6 is 11.3 Å². The van der Waals surface area contributed by atoms with Crippen molar-refractivity contribution >= 4 is 17.2 Å². The first kappa shape index (κ1) is 17.0. The van der Waals surface area contributed by atoms with E-state index in [2.05, 4.69) is 4.98 Å². The molecule has 6 heteroatoms. The first-order chi connectivity index (χ1) is 12.7. The van der Waals surface area contributed by atoms with E-state index in [4.69, 9.17) is 4.42 Å². The van der Waals surface area contributed by atoms with Gasteiger partial charge in [-0.15, -0.1) is 11.3 Å². The van der Waals surface area contributed by atoms with Crippen LogP contribution < -0.4 is 0 Å². The third kappa shape index (κ3) is 3.43. The molecule has 26 heavy (non-hydrogen) atoms. The minimum atomic E-state index is -0.474. The molecule has 3 aromatic rings. The number of carbonyl (C=O) groups excluding carboxylic acids is 1. The van der Waals surface area contributed by atoms with Crippen LogP contribution in [0.4, 0.5) is 0 Å². The molecular formula is C20H20N2O3S. The summed E-state index contributed by atoms with van der Waals surface area (Å²) >= 11 is 1.41. The molecule has 0 aliphatic carbocycles. The number of aliphatic hydroxyl groups is 1. The van der Waals surface area contributed by atoms with Crippen LogP contribution in [0.1, 0.15) is 35.0 Å². The minimum Gasteiger partial charge on any atom is -0.462 e. The fraction of sp³-hybridized carbons (Fsp3) is 0.300. The number of hydrogen-bond donors (Lipinski definition) is 1. The van der Waals surface area contributed by atoms with Crippen molar-refractivity contribution in [3.63, 3.8) is 0 Å². The highest BCUT2D eigenvalue weighted by molar-refractivity contribution is 7.13. The summed E-state index contributed by atoms with van der Waals surface area (Å²) in [6.07, 6.45) is 2.70. The molecule has 1 amide bonds. The van der Waals surface area contributed by atoms with Crippen LogP contribution in [-0.2, 0) is 0 Å². The zero-order valence-electron chi connectivity index (χ0n) is 14.2. The molecule has 1 unspecified atom stereocenters. The Morgan fingerprint density at radius 3 is 2.65 bits per heavy atom. The third-order valence-electron chi connectivity index (χ3n) is 4.87. The van der Waals surface area contributed by atoms with Gasteiger partial charge >= 0.3 is 0 Å². The van der Waals surface area contributed by atoms with Gasteiger partial charge in [0.2, 0.25) is 0 Å². The van der Waals surface area contributed by atoms with Gasteiger partial charge in [-0.3, -0.25) is 4.79 Å². The number of likely N-dealkylation sites (tertiary alicyclic amines) is 1. The molecule has 1 aliphatic heterocycles. The number of carbonyl (C=O) groups is 1. The first-order valence-corrected chi connectivity index (χ1v) is 9.62. The van der Waals surface area contributed by atoms with Crippen LogP contribution in [0.2, 0.25) is 0 Å². The van der Waals surface area contributed by atoms with E-state index in [-0.39, 0.29) is 11.8 Å². The minimum absolute atomic E-state index is 0.0493. The molecule has 1 aromatic carbocycles. The van der Waals surface area contributed by atoms with Gasteiger partial charge in [-0.2, -0.15) is 0 Å². The predicted octanol–water partition coefficient (Wildman–Crippen LogP) is 3.99. The predicted molar refractivity (Wildman–Crippen MR) is 99.8 cm³/mol. The van der Waals surface area contributed by atoms with Crippen molar-refractivity contribution in [3.8, 4) is 10.8 Å². The summed E-state index contributed by atoms with van der Waals surface area (Å²) in [5.74, 6) is 0.806. The Balaban J connectivity index is 1.38. The Morgan fingerprint density at radius 2 is 1.96 bits per heavy atom. The number of thiazole rings is 1. The summed E-state index contributed by atoms with van der Waals surface area (Å²) in [5.41, 5.74) is 1.41. The van der Waals surface area contributed by atoms with E-state index in [1.54, 1.807) is 17.7 Å². The molecule has 1 saturated heterocycles. The lowest BCUT2D eigenvalue weighted by Crippen LogP contribution is -2.39. The summed E-state index contributed by atoms with van der Waals surface area (Å²) < 4.78 is 5.34. The Hall–Kier alpha value is -2.44. The number of furan rings is 1. The highest BCUT2D eigenvalue weighted by atomic mass is 32.1. The maximum Gasteiger partial charge on any atom is 0.273 e. The van der Waals surface area contributed by atoms with E-state index < -0.39 is 6.10 Å². The van der Waals surface area contributed by atoms with Gasteiger partial charge in [-0.25, -0.2) is 4.98 Å². The van der Waals surface area contributed by atoms with Crippen molar-refractivity contribution in [2.24, 2.45) is 5.92 Å². The van der Waals surface area contributed by atoms with Crippen molar-refractivity contribution in [1.29, 1.82) is 0 Å². The molecule has 3 heterocycles. The van der Waals surface area contributed by atoms with Gasteiger partial charge in [0.25, 0.3) is 5.91 Å². The van der Waals surface area contributed by atoms with Gasteiger partial charge in [0.05, 0.1) is 12.4 Å². The van der Waals surface area contributed by atoms with Crippen LogP contribution in [0, 0.1) is 5.92 Å². The molecule has 0 spiro atoms. The average Bonchev–Trinajstić information content (AvgIpc) is 3.39. The van der Waals surface area contributed by atoms with E-state index in [0.717, 1.165) is 18.4 Å². The number of rotatable bonds is 4. The summed E-state index contributed by atoms with van der Waals surface area (Å²) in [5, 5.41) is 13.1. The van der Waals surface area contributed by atoms with Crippen LogP contribution in [0.3, 0.4) is 0 Å². The summed E-state index contributed by atoms with van der Waals surface area (Å²) in [4.78, 5) is 18.9. The monoisotopic (exact) mass is 368 g/mol. The van der Waals surface area contributed by atoms with E-state index in [1.807, 2.05) is 41.3 Å². The summed E-state index contributed by atoms with van der Waals surface area (Å²) in [6.45, 7) is 1.28. The van der Waals surface area contributed by atoms with Crippen LogP contribution in [0.25, 0.3) is 10.8 Å². The number of aliphatic hydroxyl groups excluding tert-OH is 1. The maximum absolute atomic E-state index is 12.7. The number of amides is 1. The maximum atomic E-state index is 12.7. The topological polar surface area (TPSA) is 66.6 Å². The smallest absolute Gasteiger partial charge is 0.273 e. The largest absolute Gasteiger partial charge is 0.462 e. The van der Waals surface area contributed by atoms with E-state index in [1.165, 1.54) is 11.3 Å². The molecule has 1 atom stereocenters. The van der Waals surface area contributed by atoms with Crippen molar-refractivity contribution in [3.05, 3.63) is 65.4 Å². The van der Waals surface area contributed by atoms with Gasteiger partial charge < -0.3 is 14.4 Å². The van der Waals surface area contributed by atoms with Crippen molar-refractivity contribution < 1.29 is 14.3 Å². The van der Waals surface area contributed by atoms with Crippen molar-refractivity contribution in [2.45, 2.75) is 18.9 Å². The Morgan fingerprint density at radius 1 is 1.19 bits per heavy atom. The molecule has 2 aromatic heterocycles. The summed E-state index contributed by atoms with van der Waals surface area (Å²) in [7, 11) is 0. The number of benzene rings is 1. The van der Waals surface area contributed by atoms with Crippen LogP contribution in [-0.4, -0.2) is 34.0 Å². The molecule has 5 nitrogen and oxygen atoms in total. The quantitative estimate of drug-likeness (QED) is 0.756. The second-order valence-electron chi connectivity index (χ2n) is 6.50. The van der Waals surface area contributed by atoms with E-state index >= 15 is 0 Å². The number of piperidine rings is 1. The fourth-order valence-electron chi connectivity index (χ4n) is 3.39. The lowest BCUT2D eigenvalue weighted by molar-refractivity contribution is 0.0459. The second kappa shape index (κ2) is 7.43. The second-order valence-corrected chi connectivity index (χ2v) is 7.36. The molecule has 0 saturated carbocycles. The highest BCUT2D eigenvalue weighted by Gasteiger charge is 2.29. The number of hydrogen-bond acceptors (Lipinski definition) is 5. The Kier molecular flexibility index (Phi) is 4.86. The normalized spacial score (nSPS) is 16.6. The Labute approximate surface area is 155 Å². The molecule has 0 bridgehead atoms. The van der Waals surface area contributed by atoms with Gasteiger partial charge in [0.1, 0.15) is 5.69 Å². The third-order valence-corrected chi connectivity index (χ3v) is 5.73. The average molecular weight is 368 g/mol. The Bertz CT molecular complexity index is 852. The molecular weight excluding hydrogens is 348 g/mol. The van der Waals surface area contributed by atoms with Gasteiger partial charge in [-0.1, -0.05) is 30.3 Å². The molecule has 134 valence electrons. The van der Waals surface area contributed by atoms with Gasteiger partial charge in [0.15, 0.2) is 10.8 Å². The summed E-state index contributed by atoms with van der Waals surface area (Å²) in [6, 6.07) is 13.4. The lowest BCUT2D eigenvalue weighted by atomic mass is 9.87. The van der Waals surface area contributed by atoms with Crippen molar-refractivity contribution in [2.75, 3.05) is 13.1 Å². The van der Waals surface area contributed by atoms with Gasteiger partial charge in [0, 0.05) is 18.5 Å². The molecule has 1 fully saturated rings. The van der Waals surface area contributed by atoms with Crippen LogP contribution in [0.15, 0.2) is 58.5 Å². The molecule has 1 N–H and O–H groups in total. The van der Waals surface area contributed by atoms with E-state index in [0.29, 0.717) is 29.6 Å². The number of aromatic nitrogens is 1. The lowest BCUT2D eigenvalue weighted by Gasteiger charge is -2.34.